The number of hydrogen-bond acceptors (Lipinski definition) is 17. The van der Waals surface area contributed by atoms with Crippen LogP contribution in [0.15, 0.2) is 84.2 Å². The van der Waals surface area contributed by atoms with Gasteiger partial charge in [-0.3, -0.25) is 0 Å². The minimum atomic E-state index is 0.000718. The van der Waals surface area contributed by atoms with Gasteiger partial charge < -0.3 is 0 Å². The van der Waals surface area contributed by atoms with Gasteiger partial charge in [0.1, 0.15) is 44.1 Å². The molecule has 396 valence electrons. The molecule has 0 N–H and O–H groups in total. The Hall–Kier alpha value is -7.60. The number of aryl methyl sites for hydroxylation is 1. The van der Waals surface area contributed by atoms with Crippen LogP contribution in [0.4, 0.5) is 5.69 Å². The summed E-state index contributed by atoms with van der Waals surface area (Å²) in [5, 5.41) is 9.30. The van der Waals surface area contributed by atoms with Crippen molar-refractivity contribution in [3.05, 3.63) is 157 Å². The van der Waals surface area contributed by atoms with Crippen LogP contribution in [-0.4, -0.2) is 35.0 Å². The third kappa shape index (κ3) is 7.88. The van der Waals surface area contributed by atoms with Crippen LogP contribution < -0.4 is 0 Å². The monoisotopic (exact) mass is 1210 g/mol. The Morgan fingerprint density at radius 2 is 0.854 bits per heavy atom. The third-order valence-corrected chi connectivity index (χ3v) is 24.1. The van der Waals surface area contributed by atoms with E-state index in [0.29, 0.717) is 11.4 Å². The van der Waals surface area contributed by atoms with Gasteiger partial charge in [0, 0.05) is 72.1 Å². The first kappa shape index (κ1) is 51.3. The second-order valence-electron chi connectivity index (χ2n) is 21.3. The molecule has 20 heteroatoms. The molecule has 12 aromatic rings. The van der Waals surface area contributed by atoms with Crippen molar-refractivity contribution >= 4 is 154 Å². The number of benzene rings is 4. The largest absolute Gasteiger partial charge is 0.262 e. The summed E-state index contributed by atoms with van der Waals surface area (Å²) >= 11 is 12.3. The zero-order chi connectivity index (χ0) is 55.4. The predicted octanol–water partition coefficient (Wildman–Crippen LogP) is 19.7. The maximum absolute atomic E-state index is 9.30. The summed E-state index contributed by atoms with van der Waals surface area (Å²) in [6.45, 7) is 26.1. The van der Waals surface area contributed by atoms with Gasteiger partial charge in [-0.2, -0.15) is 35.0 Å². The molecule has 12 nitrogen and oxygen atoms in total. The molecule has 82 heavy (non-hydrogen) atoms. The molecule has 2 spiro atoms. The minimum absolute atomic E-state index is 0.000718. The first-order chi connectivity index (χ1) is 40.2. The van der Waals surface area contributed by atoms with Crippen molar-refractivity contribution < 1.29 is 0 Å². The summed E-state index contributed by atoms with van der Waals surface area (Å²) in [5.74, 6) is 0. The van der Waals surface area contributed by atoms with Crippen molar-refractivity contribution in [1.82, 2.24) is 35.0 Å². The fraction of sp³-hybridized carbons (Fsp3) is 0.226. The summed E-state index contributed by atoms with van der Waals surface area (Å²) in [4.78, 5) is 21.0. The van der Waals surface area contributed by atoms with Crippen LogP contribution in [-0.2, 0) is 10.8 Å². The zero-order valence-corrected chi connectivity index (χ0v) is 50.3. The average Bonchev–Trinajstić information content (AvgIpc) is 1.97. The molecular formula is C62H40N12S8. The first-order valence-electron chi connectivity index (χ1n) is 26.7. The highest BCUT2D eigenvalue weighted by atomic mass is 32.1. The van der Waals surface area contributed by atoms with Crippen molar-refractivity contribution in [3.63, 3.8) is 0 Å². The Balaban J connectivity index is 0.000000143. The predicted molar refractivity (Wildman–Crippen MR) is 340 cm³/mol. The van der Waals surface area contributed by atoms with Crippen molar-refractivity contribution in [3.8, 4) is 67.3 Å². The topological polar surface area (TPSA) is 140 Å². The fourth-order valence-electron chi connectivity index (χ4n) is 13.1. The van der Waals surface area contributed by atoms with E-state index < -0.39 is 0 Å². The summed E-state index contributed by atoms with van der Waals surface area (Å²) in [7, 11) is 0. The normalized spacial score (nSPS) is 15.7. The Morgan fingerprint density at radius 3 is 1.28 bits per heavy atom. The molecule has 4 aromatic carbocycles. The quantitative estimate of drug-likeness (QED) is 0.118. The van der Waals surface area contributed by atoms with Crippen LogP contribution in [0.25, 0.3) is 132 Å². The zero-order valence-electron chi connectivity index (χ0n) is 43.8. The van der Waals surface area contributed by atoms with Gasteiger partial charge in [-0.15, -0.1) is 45.3 Å². The van der Waals surface area contributed by atoms with Gasteiger partial charge in [0.2, 0.25) is 5.69 Å². The summed E-state index contributed by atoms with van der Waals surface area (Å²) in [6, 6.07) is 28.2. The summed E-state index contributed by atoms with van der Waals surface area (Å²) < 4.78 is 36.8. The third-order valence-electron chi connectivity index (χ3n) is 17.0. The van der Waals surface area contributed by atoms with E-state index in [9.17, 15) is 5.26 Å². The smallest absolute Gasteiger partial charge is 0.243 e. The van der Waals surface area contributed by atoms with Crippen LogP contribution in [0.5, 0.6) is 0 Å². The van der Waals surface area contributed by atoms with Gasteiger partial charge in [0.25, 0.3) is 5.70 Å². The van der Waals surface area contributed by atoms with E-state index in [0.717, 1.165) is 96.5 Å². The Bertz CT molecular complexity index is 4870. The Kier molecular flexibility index (Phi) is 12.6. The number of rotatable bonds is 6. The van der Waals surface area contributed by atoms with Crippen LogP contribution in [0, 0.1) is 38.0 Å². The maximum Gasteiger partial charge on any atom is 0.262 e. The number of allylic oxidation sites excluding steroid dienone is 2. The molecule has 0 radical (unpaired) electrons. The second kappa shape index (κ2) is 20.1. The van der Waals surface area contributed by atoms with E-state index in [-0.39, 0.29) is 16.5 Å². The standard InChI is InChI=1S/C34H21N7S4.C28H19N5S4/c1-18(36-2)13-19-7-9-22(30-28(19)38-44-40-30)26-15-24-32(42-26)33-25(34(24)11-5-4-6-12-34)16-27(43-33)23-10-8-20(14-21(17-35)37-3)29-31(23)41-45-39-29;1-14-6-7-15(23-22(14)30-36-31-23)20-12-17-26(34-20)27-18(28(17)10-4-3-5-11-28)13-21(35-27)16-8-9-19(29-2)25-24(16)32-37-33-25/h7-10,13-16H,4-6,11-12H2,1H3;6-9,12-13H,3-5,10-11H2,1H3/b18-13-,21-14+;. The number of hydrogen-bond donors (Lipinski definition) is 0. The van der Waals surface area contributed by atoms with Crippen molar-refractivity contribution in [2.45, 2.75) is 88.9 Å². The van der Waals surface area contributed by atoms with E-state index in [1.165, 1.54) is 159 Å². The van der Waals surface area contributed by atoms with Gasteiger partial charge in [0.15, 0.2) is 5.70 Å². The van der Waals surface area contributed by atoms with Gasteiger partial charge >= 0.3 is 0 Å². The lowest BCUT2D eigenvalue weighted by Gasteiger charge is -2.34. The number of aromatic nitrogens is 8. The lowest BCUT2D eigenvalue weighted by molar-refractivity contribution is 0.353. The molecule has 8 heterocycles. The lowest BCUT2D eigenvalue weighted by atomic mass is 9.68. The molecule has 4 aliphatic carbocycles. The van der Waals surface area contributed by atoms with E-state index >= 15 is 0 Å². The number of nitriles is 1. The molecule has 0 saturated heterocycles. The second-order valence-corrected chi connectivity index (χ2v) is 27.6. The molecule has 4 aliphatic rings. The first-order valence-corrected chi connectivity index (χ1v) is 32.9. The van der Waals surface area contributed by atoms with Crippen LogP contribution in [0.3, 0.4) is 0 Å². The van der Waals surface area contributed by atoms with Gasteiger partial charge in [-0.25, -0.2) is 19.8 Å². The van der Waals surface area contributed by atoms with Crippen LogP contribution >= 0.6 is 92.3 Å². The molecule has 0 atom stereocenters. The molecule has 16 rings (SSSR count). The van der Waals surface area contributed by atoms with E-state index in [1.807, 2.05) is 76.5 Å². The van der Waals surface area contributed by atoms with Crippen LogP contribution in [0.1, 0.15) is 110 Å². The van der Waals surface area contributed by atoms with E-state index in [1.54, 1.807) is 6.08 Å². The maximum atomic E-state index is 9.30. The molecular weight excluding hydrogens is 1170 g/mol. The van der Waals surface area contributed by atoms with Crippen LogP contribution in [0.2, 0.25) is 0 Å². The number of thiophene rings is 4. The van der Waals surface area contributed by atoms with Gasteiger partial charge in [-0.1, -0.05) is 93.1 Å². The highest BCUT2D eigenvalue weighted by Gasteiger charge is 2.48. The minimum Gasteiger partial charge on any atom is -0.243 e. The van der Waals surface area contributed by atoms with Gasteiger partial charge in [-0.05, 0) is 109 Å². The molecule has 0 amide bonds. The van der Waals surface area contributed by atoms with Crippen molar-refractivity contribution in [2.75, 3.05) is 0 Å². The summed E-state index contributed by atoms with van der Waals surface area (Å²) in [6.07, 6.45) is 15.7. The number of nitrogens with zero attached hydrogens (tertiary/aromatic N) is 12. The molecule has 0 unspecified atom stereocenters. The number of fused-ring (bicyclic) bond motifs is 14. The fourth-order valence-corrected chi connectivity index (χ4v) is 20.9. The molecule has 2 saturated carbocycles. The van der Waals surface area contributed by atoms with E-state index in [2.05, 4.69) is 113 Å². The molecule has 0 aliphatic heterocycles. The van der Waals surface area contributed by atoms with Crippen molar-refractivity contribution in [2.24, 2.45) is 0 Å². The highest BCUT2D eigenvalue weighted by molar-refractivity contribution is 7.26. The molecule has 0 bridgehead atoms. The molecule has 8 aromatic heterocycles. The summed E-state index contributed by atoms with van der Waals surface area (Å²) in [5.41, 5.74) is 21.3. The Labute approximate surface area is 503 Å². The Morgan fingerprint density at radius 1 is 0.476 bits per heavy atom. The van der Waals surface area contributed by atoms with Crippen molar-refractivity contribution in [1.29, 1.82) is 5.26 Å². The van der Waals surface area contributed by atoms with E-state index in [4.69, 9.17) is 24.1 Å². The average molecular weight is 1210 g/mol. The SMILES string of the molecule is [C-]#[N+]/C(C)=C\c1ccc(-c2cc3c(s2)-c2sc(-c4ccc(/C=C(\C#N)[N+]#[C-])c5nsnc45)cc2C32CCCCC2)c2nsnc12.[C-]#[N+]c1ccc(-c2cc3c(s2)-c2sc(-c4ccc(C)c5nsnc45)cc2C32CCCCC2)c2nsnc12. The highest BCUT2D eigenvalue weighted by Crippen LogP contribution is 2.65. The lowest BCUT2D eigenvalue weighted by Crippen LogP contribution is -2.27. The van der Waals surface area contributed by atoms with Gasteiger partial charge in [0.05, 0.1) is 72.7 Å². The molecule has 2 fully saturated rings.